The zero-order valence-corrected chi connectivity index (χ0v) is 12.6. The molecule has 1 saturated heterocycles. The maximum Gasteiger partial charge on any atom is 0.211 e. The lowest BCUT2D eigenvalue weighted by molar-refractivity contribution is 0.129. The number of aromatic amines is 1. The zero-order chi connectivity index (χ0) is 14.2. The predicted molar refractivity (Wildman–Crippen MR) is 83.6 cm³/mol. The number of aromatic nitrogens is 4. The van der Waals surface area contributed by atoms with Crippen LogP contribution in [0, 0.1) is 6.92 Å². The predicted octanol–water partition coefficient (Wildman–Crippen LogP) is 3.09. The Bertz CT molecular complexity index is 795. The number of rotatable bonds is 3. The molecule has 2 aromatic heterocycles. The number of nitrogens with one attached hydrogen (secondary N) is 1. The molecule has 4 rings (SSSR count). The third-order valence-corrected chi connectivity index (χ3v) is 4.74. The molecular weight excluding hydrogens is 284 g/mol. The molecular formula is C15H16N4OS. The molecule has 6 heteroatoms. The van der Waals surface area contributed by atoms with Crippen LogP contribution in [0.5, 0.6) is 0 Å². The van der Waals surface area contributed by atoms with Crippen molar-refractivity contribution in [3.8, 4) is 0 Å². The molecule has 0 amide bonds. The minimum atomic E-state index is 0.333. The van der Waals surface area contributed by atoms with Gasteiger partial charge in [0.15, 0.2) is 5.65 Å². The fourth-order valence-corrected chi connectivity index (χ4v) is 3.53. The molecule has 1 aliphatic rings. The largest absolute Gasteiger partial charge is 0.377 e. The number of thioether (sulfide) groups is 1. The number of nitrogens with zero attached hydrogens (tertiary/aromatic N) is 3. The quantitative estimate of drug-likeness (QED) is 0.753. The first-order chi connectivity index (χ1) is 10.3. The molecule has 0 spiro atoms. The third-order valence-electron chi connectivity index (χ3n) is 3.77. The summed E-state index contributed by atoms with van der Waals surface area (Å²) in [5.74, 6) is 0.895. The van der Waals surface area contributed by atoms with Gasteiger partial charge in [-0.25, -0.2) is 4.98 Å². The van der Waals surface area contributed by atoms with Crippen molar-refractivity contribution in [2.75, 3.05) is 12.4 Å². The van der Waals surface area contributed by atoms with Gasteiger partial charge in [-0.2, -0.15) is 0 Å². The lowest BCUT2D eigenvalue weighted by Crippen LogP contribution is -2.08. The van der Waals surface area contributed by atoms with Crippen LogP contribution in [0.2, 0.25) is 0 Å². The summed E-state index contributed by atoms with van der Waals surface area (Å²) in [7, 11) is 0. The molecule has 21 heavy (non-hydrogen) atoms. The van der Waals surface area contributed by atoms with Crippen LogP contribution in [0.4, 0.5) is 0 Å². The van der Waals surface area contributed by atoms with E-state index < -0.39 is 0 Å². The summed E-state index contributed by atoms with van der Waals surface area (Å²) in [6.07, 6.45) is 2.62. The summed E-state index contributed by atoms with van der Waals surface area (Å²) in [6.45, 7) is 2.95. The minimum absolute atomic E-state index is 0.333. The smallest absolute Gasteiger partial charge is 0.211 e. The molecule has 1 fully saturated rings. The van der Waals surface area contributed by atoms with Gasteiger partial charge in [0.05, 0.1) is 6.10 Å². The van der Waals surface area contributed by atoms with Gasteiger partial charge in [-0.3, -0.25) is 0 Å². The summed E-state index contributed by atoms with van der Waals surface area (Å²) in [6, 6.07) is 6.26. The Labute approximate surface area is 126 Å². The van der Waals surface area contributed by atoms with Crippen molar-refractivity contribution in [2.24, 2.45) is 0 Å². The Morgan fingerprint density at radius 3 is 3.19 bits per heavy atom. The van der Waals surface area contributed by atoms with Crippen LogP contribution in [0.1, 0.15) is 18.4 Å². The Hall–Kier alpha value is -1.66. The Kier molecular flexibility index (Phi) is 3.27. The highest BCUT2D eigenvalue weighted by molar-refractivity contribution is 7.99. The van der Waals surface area contributed by atoms with E-state index >= 15 is 0 Å². The summed E-state index contributed by atoms with van der Waals surface area (Å²) in [5, 5.41) is 10.4. The van der Waals surface area contributed by atoms with Crippen molar-refractivity contribution in [3.63, 3.8) is 0 Å². The fraction of sp³-hybridized carbons (Fsp3) is 0.400. The maximum absolute atomic E-state index is 5.62. The van der Waals surface area contributed by atoms with E-state index in [1.165, 1.54) is 5.56 Å². The molecule has 108 valence electrons. The van der Waals surface area contributed by atoms with Crippen LogP contribution in [0.15, 0.2) is 23.4 Å². The van der Waals surface area contributed by atoms with Crippen LogP contribution in [0.25, 0.3) is 22.1 Å². The fourth-order valence-electron chi connectivity index (χ4n) is 2.67. The maximum atomic E-state index is 5.62. The van der Waals surface area contributed by atoms with E-state index in [0.29, 0.717) is 11.3 Å². The number of benzene rings is 1. The first-order valence-electron chi connectivity index (χ1n) is 7.17. The topological polar surface area (TPSA) is 63.7 Å². The SMILES string of the molecule is Cc1ccc2[nH]c3nc(SCC4CCCO4)nnc3c2c1. The zero-order valence-electron chi connectivity index (χ0n) is 11.8. The van der Waals surface area contributed by atoms with Gasteiger partial charge in [-0.05, 0) is 31.9 Å². The molecule has 0 bridgehead atoms. The molecule has 5 nitrogen and oxygen atoms in total. The van der Waals surface area contributed by atoms with Gasteiger partial charge in [0, 0.05) is 23.3 Å². The Morgan fingerprint density at radius 1 is 1.38 bits per heavy atom. The van der Waals surface area contributed by atoms with E-state index in [1.807, 2.05) is 0 Å². The van der Waals surface area contributed by atoms with Crippen molar-refractivity contribution in [2.45, 2.75) is 31.0 Å². The molecule has 3 aromatic rings. The van der Waals surface area contributed by atoms with Gasteiger partial charge in [-0.1, -0.05) is 23.4 Å². The van der Waals surface area contributed by atoms with Crippen molar-refractivity contribution >= 4 is 33.8 Å². The Morgan fingerprint density at radius 2 is 2.33 bits per heavy atom. The summed E-state index contributed by atoms with van der Waals surface area (Å²) in [5.41, 5.74) is 3.91. The van der Waals surface area contributed by atoms with Gasteiger partial charge in [0.1, 0.15) is 5.52 Å². The van der Waals surface area contributed by atoms with E-state index in [9.17, 15) is 0 Å². The van der Waals surface area contributed by atoms with Gasteiger partial charge < -0.3 is 9.72 Å². The van der Waals surface area contributed by atoms with Gasteiger partial charge in [0.25, 0.3) is 0 Å². The van der Waals surface area contributed by atoms with E-state index in [4.69, 9.17) is 4.74 Å². The van der Waals surface area contributed by atoms with Gasteiger partial charge in [0.2, 0.25) is 5.16 Å². The molecule has 1 N–H and O–H groups in total. The highest BCUT2D eigenvalue weighted by Gasteiger charge is 2.17. The van der Waals surface area contributed by atoms with Crippen LogP contribution in [-0.2, 0) is 4.74 Å². The van der Waals surface area contributed by atoms with Crippen LogP contribution >= 0.6 is 11.8 Å². The number of fused-ring (bicyclic) bond motifs is 3. The lowest BCUT2D eigenvalue weighted by atomic mass is 10.2. The van der Waals surface area contributed by atoms with E-state index in [0.717, 1.165) is 47.3 Å². The third kappa shape index (κ3) is 2.49. The minimum Gasteiger partial charge on any atom is -0.377 e. The first-order valence-corrected chi connectivity index (χ1v) is 8.15. The number of ether oxygens (including phenoxy) is 1. The molecule has 3 heterocycles. The molecule has 0 radical (unpaired) electrons. The van der Waals surface area contributed by atoms with Crippen molar-refractivity contribution in [1.29, 1.82) is 0 Å². The first kappa shape index (κ1) is 13.0. The number of hydrogen-bond acceptors (Lipinski definition) is 5. The molecule has 1 aliphatic heterocycles. The lowest BCUT2D eigenvalue weighted by Gasteiger charge is -2.06. The van der Waals surface area contributed by atoms with Crippen molar-refractivity contribution in [3.05, 3.63) is 23.8 Å². The molecule has 1 aromatic carbocycles. The highest BCUT2D eigenvalue weighted by atomic mass is 32.2. The number of aryl methyl sites for hydroxylation is 1. The van der Waals surface area contributed by atoms with Gasteiger partial charge >= 0.3 is 0 Å². The van der Waals surface area contributed by atoms with Gasteiger partial charge in [-0.15, -0.1) is 10.2 Å². The normalized spacial score (nSPS) is 18.8. The average molecular weight is 300 g/mol. The van der Waals surface area contributed by atoms with Crippen LogP contribution < -0.4 is 0 Å². The van der Waals surface area contributed by atoms with E-state index in [1.54, 1.807) is 11.8 Å². The van der Waals surface area contributed by atoms with E-state index in [-0.39, 0.29) is 0 Å². The molecule has 1 unspecified atom stereocenters. The summed E-state index contributed by atoms with van der Waals surface area (Å²) >= 11 is 1.62. The molecule has 1 atom stereocenters. The molecule has 0 aliphatic carbocycles. The number of hydrogen-bond donors (Lipinski definition) is 1. The summed E-state index contributed by atoms with van der Waals surface area (Å²) in [4.78, 5) is 7.90. The second-order valence-corrected chi connectivity index (χ2v) is 6.40. The Balaban J connectivity index is 1.64. The van der Waals surface area contributed by atoms with Crippen LogP contribution in [-0.4, -0.2) is 38.6 Å². The summed E-state index contributed by atoms with van der Waals surface area (Å²) < 4.78 is 5.62. The second kappa shape index (κ2) is 5.27. The second-order valence-electron chi connectivity index (χ2n) is 5.41. The average Bonchev–Trinajstić information content (AvgIpc) is 3.11. The van der Waals surface area contributed by atoms with Crippen LogP contribution in [0.3, 0.4) is 0 Å². The highest BCUT2D eigenvalue weighted by Crippen LogP contribution is 2.25. The van der Waals surface area contributed by atoms with E-state index in [2.05, 4.69) is 45.3 Å². The van der Waals surface area contributed by atoms with Crippen molar-refractivity contribution < 1.29 is 4.74 Å². The monoisotopic (exact) mass is 300 g/mol. The molecule has 0 saturated carbocycles. The standard InChI is InChI=1S/C15H16N4OS/c1-9-4-5-12-11(7-9)13-14(16-12)17-15(19-18-13)21-8-10-3-2-6-20-10/h4-5,7,10H,2-3,6,8H2,1H3,(H,16,17,19). The number of H-pyrrole nitrogens is 1. The van der Waals surface area contributed by atoms with Crippen molar-refractivity contribution in [1.82, 2.24) is 20.2 Å².